The van der Waals surface area contributed by atoms with Crippen molar-refractivity contribution >= 4 is 11.6 Å². The molecule has 0 unspecified atom stereocenters. The number of ether oxygens (including phenoxy) is 1. The zero-order valence-electron chi connectivity index (χ0n) is 11.1. The van der Waals surface area contributed by atoms with Crippen molar-refractivity contribution in [2.45, 2.75) is 20.3 Å². The molecular weight excluding hydrogens is 264 g/mol. The average Bonchev–Trinajstić information content (AvgIpc) is 2.38. The van der Waals surface area contributed by atoms with Crippen LogP contribution in [0.5, 0.6) is 5.75 Å². The highest BCUT2D eigenvalue weighted by molar-refractivity contribution is 6.30. The third kappa shape index (κ3) is 2.63. The second kappa shape index (κ2) is 5.45. The average molecular weight is 279 g/mol. The van der Waals surface area contributed by atoms with Crippen molar-refractivity contribution in [2.24, 2.45) is 0 Å². The van der Waals surface area contributed by atoms with E-state index in [0.29, 0.717) is 28.6 Å². The number of aromatic amines is 1. The van der Waals surface area contributed by atoms with Gasteiger partial charge in [0.1, 0.15) is 11.6 Å². The molecule has 0 atom stereocenters. The summed E-state index contributed by atoms with van der Waals surface area (Å²) in [5.41, 5.74) is 2.05. The minimum atomic E-state index is -0.109. The number of halogens is 1. The maximum Gasteiger partial charge on any atom is 0.254 e. The van der Waals surface area contributed by atoms with Gasteiger partial charge in [-0.3, -0.25) is 4.79 Å². The molecule has 0 aliphatic rings. The van der Waals surface area contributed by atoms with Crippen LogP contribution in [0, 0.1) is 6.92 Å². The summed E-state index contributed by atoms with van der Waals surface area (Å²) in [6, 6.07) is 5.22. The van der Waals surface area contributed by atoms with E-state index in [9.17, 15) is 4.79 Å². The molecule has 0 fully saturated rings. The van der Waals surface area contributed by atoms with Crippen LogP contribution in [0.1, 0.15) is 18.2 Å². The minimum absolute atomic E-state index is 0.109. The summed E-state index contributed by atoms with van der Waals surface area (Å²) in [6.45, 7) is 3.77. The summed E-state index contributed by atoms with van der Waals surface area (Å²) in [5.74, 6) is 1.08. The standard InChI is InChI=1S/C14H15ClN2O2/c1-4-10-8(2)16-13(17-14(10)18)11-6-5-9(15)7-12(11)19-3/h5-7H,4H2,1-3H3,(H,16,17,18). The molecule has 19 heavy (non-hydrogen) atoms. The lowest BCUT2D eigenvalue weighted by Gasteiger charge is -2.10. The first-order valence-electron chi connectivity index (χ1n) is 6.00. The van der Waals surface area contributed by atoms with Gasteiger partial charge in [0.25, 0.3) is 5.56 Å². The molecule has 1 N–H and O–H groups in total. The van der Waals surface area contributed by atoms with Gasteiger partial charge >= 0.3 is 0 Å². The second-order valence-corrected chi connectivity index (χ2v) is 4.61. The summed E-state index contributed by atoms with van der Waals surface area (Å²) in [7, 11) is 1.56. The van der Waals surface area contributed by atoms with Crippen LogP contribution in [-0.4, -0.2) is 17.1 Å². The van der Waals surface area contributed by atoms with Crippen LogP contribution in [0.25, 0.3) is 11.4 Å². The molecule has 0 aliphatic heterocycles. The lowest BCUT2D eigenvalue weighted by atomic mass is 10.1. The van der Waals surface area contributed by atoms with Crippen molar-refractivity contribution in [1.29, 1.82) is 0 Å². The third-order valence-electron chi connectivity index (χ3n) is 2.99. The number of aromatic nitrogens is 2. The van der Waals surface area contributed by atoms with Crippen LogP contribution >= 0.6 is 11.6 Å². The summed E-state index contributed by atoms with van der Waals surface area (Å²) in [6.07, 6.45) is 0.659. The maximum absolute atomic E-state index is 12.0. The van der Waals surface area contributed by atoms with E-state index in [2.05, 4.69) is 9.97 Å². The third-order valence-corrected chi connectivity index (χ3v) is 3.23. The number of methoxy groups -OCH3 is 1. The molecule has 0 aliphatic carbocycles. The largest absolute Gasteiger partial charge is 0.496 e. The van der Waals surface area contributed by atoms with E-state index in [0.717, 1.165) is 11.3 Å². The highest BCUT2D eigenvalue weighted by atomic mass is 35.5. The molecule has 0 saturated carbocycles. The monoisotopic (exact) mass is 278 g/mol. The Morgan fingerprint density at radius 3 is 2.74 bits per heavy atom. The van der Waals surface area contributed by atoms with Gasteiger partial charge in [-0.25, -0.2) is 4.98 Å². The first-order chi connectivity index (χ1) is 9.06. The van der Waals surface area contributed by atoms with Crippen LogP contribution in [-0.2, 0) is 6.42 Å². The lowest BCUT2D eigenvalue weighted by Crippen LogP contribution is -2.16. The van der Waals surface area contributed by atoms with Gasteiger partial charge < -0.3 is 9.72 Å². The summed E-state index contributed by atoms with van der Waals surface area (Å²) in [4.78, 5) is 19.2. The maximum atomic E-state index is 12.0. The molecule has 0 bridgehead atoms. The van der Waals surface area contributed by atoms with E-state index in [1.807, 2.05) is 13.8 Å². The minimum Gasteiger partial charge on any atom is -0.496 e. The van der Waals surface area contributed by atoms with Crippen molar-refractivity contribution < 1.29 is 4.74 Å². The highest BCUT2D eigenvalue weighted by Gasteiger charge is 2.12. The summed E-state index contributed by atoms with van der Waals surface area (Å²) >= 11 is 5.92. The van der Waals surface area contributed by atoms with Gasteiger partial charge in [0.05, 0.1) is 12.7 Å². The van der Waals surface area contributed by atoms with Crippen LogP contribution in [0.15, 0.2) is 23.0 Å². The van der Waals surface area contributed by atoms with Crippen molar-refractivity contribution in [3.8, 4) is 17.1 Å². The number of nitrogens with one attached hydrogen (secondary N) is 1. The van der Waals surface area contributed by atoms with Gasteiger partial charge in [0.15, 0.2) is 0 Å². The molecule has 0 spiro atoms. The Balaban J connectivity index is 2.63. The molecule has 0 radical (unpaired) electrons. The Kier molecular flexibility index (Phi) is 3.90. The number of nitrogens with zero attached hydrogens (tertiary/aromatic N) is 1. The summed E-state index contributed by atoms with van der Waals surface area (Å²) in [5, 5.41) is 0.574. The predicted molar refractivity (Wildman–Crippen MR) is 76.0 cm³/mol. The molecule has 5 heteroatoms. The number of H-pyrrole nitrogens is 1. The quantitative estimate of drug-likeness (QED) is 0.939. The molecule has 1 aromatic heterocycles. The smallest absolute Gasteiger partial charge is 0.254 e. The fourth-order valence-corrected chi connectivity index (χ4v) is 2.18. The number of rotatable bonds is 3. The molecule has 0 amide bonds. The van der Waals surface area contributed by atoms with Gasteiger partial charge in [-0.1, -0.05) is 18.5 Å². The predicted octanol–water partition coefficient (Wildman–Crippen LogP) is 2.97. The first kappa shape index (κ1) is 13.6. The molecular formula is C14H15ClN2O2. The molecule has 4 nitrogen and oxygen atoms in total. The number of aryl methyl sites for hydroxylation is 1. The normalized spacial score (nSPS) is 10.5. The zero-order valence-corrected chi connectivity index (χ0v) is 11.8. The Labute approximate surface area is 116 Å². The zero-order chi connectivity index (χ0) is 14.0. The molecule has 1 aromatic carbocycles. The Morgan fingerprint density at radius 1 is 1.42 bits per heavy atom. The molecule has 0 saturated heterocycles. The number of hydrogen-bond donors (Lipinski definition) is 1. The van der Waals surface area contributed by atoms with Crippen molar-refractivity contribution in [3.05, 3.63) is 44.8 Å². The molecule has 1 heterocycles. The molecule has 100 valence electrons. The van der Waals surface area contributed by atoms with E-state index in [1.165, 1.54) is 0 Å². The first-order valence-corrected chi connectivity index (χ1v) is 6.38. The second-order valence-electron chi connectivity index (χ2n) is 4.18. The number of hydrogen-bond acceptors (Lipinski definition) is 3. The lowest BCUT2D eigenvalue weighted by molar-refractivity contribution is 0.416. The van der Waals surface area contributed by atoms with E-state index < -0.39 is 0 Å². The van der Waals surface area contributed by atoms with Gasteiger partial charge in [-0.15, -0.1) is 0 Å². The molecule has 2 aromatic rings. The van der Waals surface area contributed by atoms with Crippen LogP contribution < -0.4 is 10.3 Å². The number of benzene rings is 1. The van der Waals surface area contributed by atoms with Crippen molar-refractivity contribution in [3.63, 3.8) is 0 Å². The van der Waals surface area contributed by atoms with Crippen molar-refractivity contribution in [2.75, 3.05) is 7.11 Å². The fraction of sp³-hybridized carbons (Fsp3) is 0.286. The van der Waals surface area contributed by atoms with Crippen molar-refractivity contribution in [1.82, 2.24) is 9.97 Å². The van der Waals surface area contributed by atoms with Crippen LogP contribution in [0.4, 0.5) is 0 Å². The fourth-order valence-electron chi connectivity index (χ4n) is 2.02. The Bertz CT molecular complexity index is 665. The van der Waals surface area contributed by atoms with Gasteiger partial charge in [0.2, 0.25) is 0 Å². The van der Waals surface area contributed by atoms with E-state index in [1.54, 1.807) is 25.3 Å². The Hall–Kier alpha value is -1.81. The van der Waals surface area contributed by atoms with Gasteiger partial charge in [-0.2, -0.15) is 0 Å². The van der Waals surface area contributed by atoms with Crippen LogP contribution in [0.3, 0.4) is 0 Å². The van der Waals surface area contributed by atoms with Gasteiger partial charge in [0, 0.05) is 16.3 Å². The van der Waals surface area contributed by atoms with Gasteiger partial charge in [-0.05, 0) is 31.5 Å². The van der Waals surface area contributed by atoms with Crippen LogP contribution in [0.2, 0.25) is 5.02 Å². The van der Waals surface area contributed by atoms with E-state index >= 15 is 0 Å². The molecule has 2 rings (SSSR count). The highest BCUT2D eigenvalue weighted by Crippen LogP contribution is 2.29. The Morgan fingerprint density at radius 2 is 2.16 bits per heavy atom. The SMILES string of the molecule is CCc1c(C)nc(-c2ccc(Cl)cc2OC)[nH]c1=O. The van der Waals surface area contributed by atoms with E-state index in [-0.39, 0.29) is 5.56 Å². The van der Waals surface area contributed by atoms with E-state index in [4.69, 9.17) is 16.3 Å². The summed E-state index contributed by atoms with van der Waals surface area (Å²) < 4.78 is 5.27. The topological polar surface area (TPSA) is 55.0 Å².